The van der Waals surface area contributed by atoms with Crippen LogP contribution in [0.2, 0.25) is 0 Å². The second-order valence-electron chi connectivity index (χ2n) is 11.4. The summed E-state index contributed by atoms with van der Waals surface area (Å²) < 4.78 is 50.9. The zero-order chi connectivity index (χ0) is 30.1. The molecule has 1 saturated heterocycles. The van der Waals surface area contributed by atoms with Crippen molar-refractivity contribution in [1.29, 1.82) is 0 Å². The van der Waals surface area contributed by atoms with Crippen molar-refractivity contribution in [3.8, 4) is 5.75 Å². The summed E-state index contributed by atoms with van der Waals surface area (Å²) in [4.78, 5) is 19.4. The summed E-state index contributed by atoms with van der Waals surface area (Å²) in [6.45, 7) is 5.14. The van der Waals surface area contributed by atoms with Gasteiger partial charge in [0.25, 0.3) is 0 Å². The van der Waals surface area contributed by atoms with Crippen LogP contribution in [0.15, 0.2) is 79.0 Å². The van der Waals surface area contributed by atoms with Crippen molar-refractivity contribution in [2.75, 3.05) is 23.3 Å². The highest BCUT2D eigenvalue weighted by Gasteiger charge is 2.49. The van der Waals surface area contributed by atoms with E-state index in [1.165, 1.54) is 0 Å². The number of aromatic nitrogens is 3. The van der Waals surface area contributed by atoms with Gasteiger partial charge in [0.05, 0.1) is 23.9 Å². The number of nitrogens with zero attached hydrogens (tertiary/aromatic N) is 4. The second-order valence-corrected chi connectivity index (χ2v) is 11.4. The molecule has 1 N–H and O–H groups in total. The Bertz CT molecular complexity index is 1510. The SMILES string of the molecule is CC(C)Oc1ccc(N2CCC(c3nn(C(c4ccccc4)c4ccccc4)c4c3C(C(F)(F)F)CC(=O)N4)CC2)nc1. The lowest BCUT2D eigenvalue weighted by Crippen LogP contribution is -2.35. The van der Waals surface area contributed by atoms with Gasteiger partial charge in [0.1, 0.15) is 23.4 Å². The fourth-order valence-electron chi connectivity index (χ4n) is 6.20. The van der Waals surface area contributed by atoms with Crippen molar-refractivity contribution >= 4 is 17.5 Å². The van der Waals surface area contributed by atoms with Crippen LogP contribution in [-0.2, 0) is 4.79 Å². The van der Waals surface area contributed by atoms with E-state index < -0.39 is 30.5 Å². The fraction of sp³-hybridized carbons (Fsp3) is 0.364. The van der Waals surface area contributed by atoms with Gasteiger partial charge in [-0.2, -0.15) is 18.3 Å². The molecule has 2 aliphatic heterocycles. The van der Waals surface area contributed by atoms with Gasteiger partial charge in [0.15, 0.2) is 0 Å². The maximum atomic E-state index is 14.5. The Labute approximate surface area is 248 Å². The molecule has 1 fully saturated rings. The van der Waals surface area contributed by atoms with Gasteiger partial charge >= 0.3 is 6.18 Å². The molecule has 0 spiro atoms. The topological polar surface area (TPSA) is 72.3 Å². The summed E-state index contributed by atoms with van der Waals surface area (Å²) >= 11 is 0. The summed E-state index contributed by atoms with van der Waals surface area (Å²) in [5.41, 5.74) is 2.23. The third-order valence-electron chi connectivity index (χ3n) is 8.14. The summed E-state index contributed by atoms with van der Waals surface area (Å²) in [5.74, 6) is -1.15. The molecule has 0 bridgehead atoms. The number of benzene rings is 2. The number of anilines is 2. The number of carbonyl (C=O) groups is 1. The Morgan fingerprint density at radius 3 is 2.09 bits per heavy atom. The first-order chi connectivity index (χ1) is 20.7. The minimum atomic E-state index is -4.59. The van der Waals surface area contributed by atoms with Crippen LogP contribution in [0.1, 0.15) is 73.4 Å². The summed E-state index contributed by atoms with van der Waals surface area (Å²) in [6, 6.07) is 22.4. The maximum absolute atomic E-state index is 14.5. The Balaban J connectivity index is 1.38. The van der Waals surface area contributed by atoms with Crippen LogP contribution in [0.25, 0.3) is 0 Å². The number of fused-ring (bicyclic) bond motifs is 1. The van der Waals surface area contributed by atoms with E-state index >= 15 is 0 Å². The lowest BCUT2D eigenvalue weighted by molar-refractivity contribution is -0.157. The van der Waals surface area contributed by atoms with E-state index in [9.17, 15) is 18.0 Å². The monoisotopic (exact) mass is 589 g/mol. The summed E-state index contributed by atoms with van der Waals surface area (Å²) in [7, 11) is 0. The highest BCUT2D eigenvalue weighted by molar-refractivity contribution is 5.94. The quantitative estimate of drug-likeness (QED) is 0.250. The first-order valence-corrected chi connectivity index (χ1v) is 14.7. The first-order valence-electron chi connectivity index (χ1n) is 14.7. The Morgan fingerprint density at radius 2 is 1.56 bits per heavy atom. The number of amides is 1. The molecule has 0 aliphatic carbocycles. The molecule has 1 atom stereocenters. The molecule has 10 heteroatoms. The Hall–Kier alpha value is -4.34. The number of hydrogen-bond acceptors (Lipinski definition) is 5. The van der Waals surface area contributed by atoms with Gasteiger partial charge in [0.2, 0.25) is 5.91 Å². The van der Waals surface area contributed by atoms with Crippen LogP contribution in [-0.4, -0.2) is 46.0 Å². The minimum absolute atomic E-state index is 0.0443. The average Bonchev–Trinajstić information content (AvgIpc) is 3.36. The predicted molar refractivity (Wildman–Crippen MR) is 159 cm³/mol. The van der Waals surface area contributed by atoms with Crippen LogP contribution in [0.3, 0.4) is 0 Å². The molecule has 1 amide bonds. The largest absolute Gasteiger partial charge is 0.489 e. The second kappa shape index (κ2) is 11.7. The van der Waals surface area contributed by atoms with Crippen LogP contribution in [0.5, 0.6) is 5.75 Å². The van der Waals surface area contributed by atoms with E-state index in [0.29, 0.717) is 37.4 Å². The van der Waals surface area contributed by atoms with Crippen molar-refractivity contribution in [2.45, 2.75) is 63.3 Å². The number of piperidine rings is 1. The van der Waals surface area contributed by atoms with Crippen molar-refractivity contribution in [3.05, 3.63) is 101 Å². The molecule has 0 radical (unpaired) electrons. The molecule has 4 heterocycles. The van der Waals surface area contributed by atoms with E-state index in [2.05, 4.69) is 15.2 Å². The average molecular weight is 590 g/mol. The third-order valence-corrected chi connectivity index (χ3v) is 8.14. The van der Waals surface area contributed by atoms with Gasteiger partial charge in [-0.05, 0) is 49.9 Å². The molecule has 2 aliphatic rings. The van der Waals surface area contributed by atoms with Crippen LogP contribution >= 0.6 is 0 Å². The van der Waals surface area contributed by atoms with Crippen LogP contribution < -0.4 is 15.0 Å². The van der Waals surface area contributed by atoms with Crippen LogP contribution in [0, 0.1) is 0 Å². The Morgan fingerprint density at radius 1 is 0.930 bits per heavy atom. The van der Waals surface area contributed by atoms with Gasteiger partial charge in [-0.3, -0.25) is 4.79 Å². The number of halogens is 3. The molecule has 43 heavy (non-hydrogen) atoms. The number of pyridine rings is 1. The fourth-order valence-corrected chi connectivity index (χ4v) is 6.20. The van der Waals surface area contributed by atoms with E-state index in [1.54, 1.807) is 10.9 Å². The zero-order valence-electron chi connectivity index (χ0n) is 24.1. The number of alkyl halides is 3. The van der Waals surface area contributed by atoms with Gasteiger partial charge < -0.3 is 15.0 Å². The lowest BCUT2D eigenvalue weighted by atomic mass is 9.84. The Kier molecular flexibility index (Phi) is 7.85. The predicted octanol–water partition coefficient (Wildman–Crippen LogP) is 7.08. The molecule has 7 nitrogen and oxygen atoms in total. The molecule has 4 aromatic rings. The maximum Gasteiger partial charge on any atom is 0.396 e. The third kappa shape index (κ3) is 5.96. The van der Waals surface area contributed by atoms with Gasteiger partial charge in [-0.1, -0.05) is 60.7 Å². The summed E-state index contributed by atoms with van der Waals surface area (Å²) in [5, 5.41) is 7.75. The van der Waals surface area contributed by atoms with Gasteiger partial charge in [-0.15, -0.1) is 0 Å². The molecule has 0 saturated carbocycles. The number of carbonyl (C=O) groups excluding carboxylic acids is 1. The van der Waals surface area contributed by atoms with Gasteiger partial charge in [-0.25, -0.2) is 9.67 Å². The molecular weight excluding hydrogens is 555 g/mol. The number of rotatable bonds is 7. The van der Waals surface area contributed by atoms with E-state index in [1.807, 2.05) is 86.6 Å². The number of ether oxygens (including phenoxy) is 1. The zero-order valence-corrected chi connectivity index (χ0v) is 24.1. The van der Waals surface area contributed by atoms with Crippen molar-refractivity contribution in [1.82, 2.24) is 14.8 Å². The molecule has 1 unspecified atom stereocenters. The van der Waals surface area contributed by atoms with Crippen molar-refractivity contribution < 1.29 is 22.7 Å². The molecule has 6 rings (SSSR count). The molecular formula is C33H34F3N5O2. The first kappa shape index (κ1) is 28.8. The van der Waals surface area contributed by atoms with E-state index in [0.717, 1.165) is 16.9 Å². The highest BCUT2D eigenvalue weighted by Crippen LogP contribution is 2.49. The van der Waals surface area contributed by atoms with Crippen molar-refractivity contribution in [2.24, 2.45) is 0 Å². The summed E-state index contributed by atoms with van der Waals surface area (Å²) in [6.07, 6.45) is -2.28. The van der Waals surface area contributed by atoms with E-state index in [-0.39, 0.29) is 23.4 Å². The smallest absolute Gasteiger partial charge is 0.396 e. The van der Waals surface area contributed by atoms with Crippen LogP contribution in [0.4, 0.5) is 24.8 Å². The normalized spacial score (nSPS) is 17.7. The lowest BCUT2D eigenvalue weighted by Gasteiger charge is -2.33. The van der Waals surface area contributed by atoms with E-state index in [4.69, 9.17) is 9.84 Å². The van der Waals surface area contributed by atoms with Crippen molar-refractivity contribution in [3.63, 3.8) is 0 Å². The standard InChI is InChI=1S/C33H34F3N5O2/c1-21(2)43-25-13-14-27(37-20-25)40-17-15-22(16-18-40)30-29-26(33(34,35)36)19-28(42)38-32(29)41(39-30)31(23-9-5-3-6-10-23)24-11-7-4-8-12-24/h3-14,20-22,26,31H,15-19H2,1-2H3,(H,38,42). The number of hydrogen-bond donors (Lipinski definition) is 1. The minimum Gasteiger partial charge on any atom is -0.489 e. The highest BCUT2D eigenvalue weighted by atomic mass is 19.4. The van der Waals surface area contributed by atoms with Gasteiger partial charge in [0, 0.05) is 31.0 Å². The molecule has 224 valence electrons. The molecule has 2 aromatic heterocycles. The number of nitrogens with one attached hydrogen (secondary N) is 1. The molecule has 2 aromatic carbocycles.